The lowest BCUT2D eigenvalue weighted by Gasteiger charge is -2.23. The lowest BCUT2D eigenvalue weighted by atomic mass is 10.0. The monoisotopic (exact) mass is 874 g/mol. The van der Waals surface area contributed by atoms with Crippen LogP contribution in [0.5, 0.6) is 0 Å². The van der Waals surface area contributed by atoms with Crippen molar-refractivity contribution in [2.45, 2.75) is 232 Å². The number of hydrogen-bond acceptors (Lipinski definition) is 5. The zero-order valence-corrected chi connectivity index (χ0v) is 40.7. The highest BCUT2D eigenvalue weighted by Gasteiger charge is 2.23. The van der Waals surface area contributed by atoms with E-state index in [2.05, 4.69) is 123 Å². The number of esters is 1. The van der Waals surface area contributed by atoms with Crippen LogP contribution in [-0.4, -0.2) is 46.9 Å². The number of rotatable bonds is 44. The summed E-state index contributed by atoms with van der Waals surface area (Å²) in [5, 5.41) is 23.6. The van der Waals surface area contributed by atoms with Crippen LogP contribution < -0.4 is 5.32 Å². The summed E-state index contributed by atoms with van der Waals surface area (Å²) in [6.45, 7) is 6.28. The fourth-order valence-corrected chi connectivity index (χ4v) is 7.02. The van der Waals surface area contributed by atoms with Crippen LogP contribution in [0, 0.1) is 0 Å². The van der Waals surface area contributed by atoms with Crippen LogP contribution in [0.25, 0.3) is 0 Å². The predicted molar refractivity (Wildman–Crippen MR) is 273 cm³/mol. The number of unbranched alkanes of at least 4 members (excludes halogenated alkanes) is 18. The molecule has 358 valence electrons. The van der Waals surface area contributed by atoms with E-state index in [0.29, 0.717) is 19.3 Å². The fourth-order valence-electron chi connectivity index (χ4n) is 7.02. The van der Waals surface area contributed by atoms with Crippen molar-refractivity contribution in [2.75, 3.05) is 6.61 Å². The molecule has 0 heterocycles. The maximum absolute atomic E-state index is 13.1. The van der Waals surface area contributed by atoms with Crippen molar-refractivity contribution in [3.8, 4) is 0 Å². The maximum Gasteiger partial charge on any atom is 0.306 e. The number of ether oxygens (including phenoxy) is 1. The van der Waals surface area contributed by atoms with Gasteiger partial charge < -0.3 is 20.3 Å². The topological polar surface area (TPSA) is 95.9 Å². The molecule has 0 aliphatic rings. The smallest absolute Gasteiger partial charge is 0.306 e. The first kappa shape index (κ1) is 59.5. The number of carbonyl (C=O) groups is 2. The molecule has 3 unspecified atom stereocenters. The molecule has 63 heavy (non-hydrogen) atoms. The second kappa shape index (κ2) is 49.5. The standard InChI is InChI=1S/C57H95NO5/c1-4-7-10-13-16-19-21-23-25-27-29-31-33-35-38-41-44-47-50-57(62)63-53(48-45-42-39-37-34-32-30-28-26-24-22-20-17-14-11-8-5-2)51-56(61)58-54(52-59)55(60)49-46-43-40-36-18-15-12-9-6-3/h8,11,17,20-21,23-27,29-32,37,39,45,48,53-55,59-60H,4-7,9-10,12-16,18-19,22,28,33-36,38,40-44,46-47,49-52H2,1-3H3,(H,58,61)/b11-8-,20-17-,23-21+,26-24-,27-25+,31-29+,32-30-,39-37-,48-45-. The van der Waals surface area contributed by atoms with Gasteiger partial charge in [0.1, 0.15) is 6.10 Å². The van der Waals surface area contributed by atoms with Crippen molar-refractivity contribution in [2.24, 2.45) is 0 Å². The summed E-state index contributed by atoms with van der Waals surface area (Å²) < 4.78 is 5.81. The Balaban J connectivity index is 4.82. The van der Waals surface area contributed by atoms with Gasteiger partial charge in [0, 0.05) is 6.42 Å². The van der Waals surface area contributed by atoms with E-state index in [9.17, 15) is 19.8 Å². The Morgan fingerprint density at radius 3 is 1.41 bits per heavy atom. The predicted octanol–water partition coefficient (Wildman–Crippen LogP) is 15.5. The minimum atomic E-state index is -0.829. The highest BCUT2D eigenvalue weighted by molar-refractivity contribution is 5.78. The Kier molecular flexibility index (Phi) is 46.8. The molecule has 0 aromatic rings. The third-order valence-electron chi connectivity index (χ3n) is 10.9. The molecular weight excluding hydrogens is 779 g/mol. The molecule has 0 aromatic heterocycles. The van der Waals surface area contributed by atoms with E-state index >= 15 is 0 Å². The second-order valence-electron chi connectivity index (χ2n) is 16.9. The number of hydrogen-bond donors (Lipinski definition) is 3. The van der Waals surface area contributed by atoms with E-state index in [-0.39, 0.29) is 24.9 Å². The van der Waals surface area contributed by atoms with Crippen LogP contribution in [0.2, 0.25) is 0 Å². The summed E-state index contributed by atoms with van der Waals surface area (Å²) in [6.07, 6.45) is 67.5. The van der Waals surface area contributed by atoms with Crippen molar-refractivity contribution in [3.63, 3.8) is 0 Å². The van der Waals surface area contributed by atoms with Gasteiger partial charge in [-0.1, -0.05) is 227 Å². The third-order valence-corrected chi connectivity index (χ3v) is 10.9. The zero-order chi connectivity index (χ0) is 45.9. The quantitative estimate of drug-likeness (QED) is 0.0245. The van der Waals surface area contributed by atoms with Gasteiger partial charge in [-0.15, -0.1) is 0 Å². The van der Waals surface area contributed by atoms with Gasteiger partial charge in [-0.3, -0.25) is 9.59 Å². The second-order valence-corrected chi connectivity index (χ2v) is 16.9. The zero-order valence-electron chi connectivity index (χ0n) is 40.7. The van der Waals surface area contributed by atoms with Crippen molar-refractivity contribution in [1.82, 2.24) is 5.32 Å². The third kappa shape index (κ3) is 44.9. The van der Waals surface area contributed by atoms with E-state index in [1.807, 2.05) is 6.08 Å². The molecule has 0 saturated carbocycles. The van der Waals surface area contributed by atoms with E-state index in [1.54, 1.807) is 6.08 Å². The lowest BCUT2D eigenvalue weighted by Crippen LogP contribution is -2.46. The number of carbonyl (C=O) groups excluding carboxylic acids is 2. The average molecular weight is 874 g/mol. The number of nitrogens with one attached hydrogen (secondary N) is 1. The van der Waals surface area contributed by atoms with Crippen LogP contribution in [0.15, 0.2) is 109 Å². The number of aliphatic hydroxyl groups excluding tert-OH is 2. The van der Waals surface area contributed by atoms with Gasteiger partial charge in [0.15, 0.2) is 0 Å². The first-order chi connectivity index (χ1) is 31.0. The molecule has 0 fully saturated rings. The normalized spacial score (nSPS) is 14.2. The van der Waals surface area contributed by atoms with Crippen LogP contribution in [0.1, 0.15) is 213 Å². The van der Waals surface area contributed by atoms with Crippen molar-refractivity contribution in [3.05, 3.63) is 109 Å². The molecule has 0 radical (unpaired) electrons. The summed E-state index contributed by atoms with van der Waals surface area (Å²) in [7, 11) is 0. The van der Waals surface area contributed by atoms with E-state index in [1.165, 1.54) is 70.6 Å². The first-order valence-corrected chi connectivity index (χ1v) is 25.7. The summed E-state index contributed by atoms with van der Waals surface area (Å²) in [5.74, 6) is -0.664. The van der Waals surface area contributed by atoms with Gasteiger partial charge in [-0.25, -0.2) is 0 Å². The summed E-state index contributed by atoms with van der Waals surface area (Å²) in [6, 6.07) is -0.753. The van der Waals surface area contributed by atoms with Crippen molar-refractivity contribution < 1.29 is 24.5 Å². The van der Waals surface area contributed by atoms with E-state index in [0.717, 1.165) is 96.3 Å². The molecule has 0 bridgehead atoms. The van der Waals surface area contributed by atoms with Gasteiger partial charge in [0.05, 0.1) is 25.2 Å². The molecule has 0 rings (SSSR count). The van der Waals surface area contributed by atoms with Crippen molar-refractivity contribution in [1.29, 1.82) is 0 Å². The van der Waals surface area contributed by atoms with Gasteiger partial charge >= 0.3 is 5.97 Å². The summed E-state index contributed by atoms with van der Waals surface area (Å²) >= 11 is 0. The summed E-state index contributed by atoms with van der Waals surface area (Å²) in [5.41, 5.74) is 0. The van der Waals surface area contributed by atoms with E-state index in [4.69, 9.17) is 4.74 Å². The SMILES string of the molecule is CC/C=C\C/C=C\C/C=C\C/C=C\C/C=C\C/C=C\C(CC(=O)NC(CO)C(O)CCCCCCCCCCC)OC(=O)CCCCCCC/C=C/C=C/C=C/CCCCCCC. The Bertz CT molecular complexity index is 1300. The Hall–Kier alpha value is -3.48. The number of aliphatic hydroxyl groups is 2. The molecular formula is C57H95NO5. The molecule has 3 atom stereocenters. The minimum Gasteiger partial charge on any atom is -0.458 e. The minimum absolute atomic E-state index is 0.0622. The van der Waals surface area contributed by atoms with Gasteiger partial charge in [-0.2, -0.15) is 0 Å². The van der Waals surface area contributed by atoms with Crippen LogP contribution in [-0.2, 0) is 14.3 Å². The largest absolute Gasteiger partial charge is 0.458 e. The molecule has 6 heteroatoms. The van der Waals surface area contributed by atoms with Gasteiger partial charge in [-0.05, 0) is 83.1 Å². The molecule has 1 amide bonds. The average Bonchev–Trinajstić information content (AvgIpc) is 3.28. The highest BCUT2D eigenvalue weighted by Crippen LogP contribution is 2.14. The molecule has 0 aromatic carbocycles. The number of allylic oxidation sites excluding steroid dienone is 17. The van der Waals surface area contributed by atoms with Crippen LogP contribution in [0.4, 0.5) is 0 Å². The fraction of sp³-hybridized carbons (Fsp3) is 0.649. The van der Waals surface area contributed by atoms with Crippen molar-refractivity contribution >= 4 is 11.9 Å². The molecule has 0 saturated heterocycles. The highest BCUT2D eigenvalue weighted by atomic mass is 16.5. The van der Waals surface area contributed by atoms with E-state index < -0.39 is 18.2 Å². The van der Waals surface area contributed by atoms with Gasteiger partial charge in [0.2, 0.25) is 5.91 Å². The molecule has 0 spiro atoms. The Labute approximate surface area is 388 Å². The first-order valence-electron chi connectivity index (χ1n) is 25.7. The van der Waals surface area contributed by atoms with Gasteiger partial charge in [0.25, 0.3) is 0 Å². The maximum atomic E-state index is 13.1. The van der Waals surface area contributed by atoms with Crippen LogP contribution in [0.3, 0.4) is 0 Å². The van der Waals surface area contributed by atoms with Crippen LogP contribution >= 0.6 is 0 Å². The molecule has 3 N–H and O–H groups in total. The molecule has 6 nitrogen and oxygen atoms in total. The lowest BCUT2D eigenvalue weighted by molar-refractivity contribution is -0.148. The molecule has 0 aliphatic heterocycles. The Morgan fingerprint density at radius 2 is 0.937 bits per heavy atom. The Morgan fingerprint density at radius 1 is 0.508 bits per heavy atom. The summed E-state index contributed by atoms with van der Waals surface area (Å²) in [4.78, 5) is 26.1. The molecule has 0 aliphatic carbocycles. The number of amides is 1.